The van der Waals surface area contributed by atoms with Crippen molar-refractivity contribution in [2.75, 3.05) is 0 Å². The number of carbonyl (C=O) groups is 1. The Balaban J connectivity index is 1.63. The maximum Gasteiger partial charge on any atom is 0.270 e. The Morgan fingerprint density at radius 2 is 1.85 bits per heavy atom. The van der Waals surface area contributed by atoms with Gasteiger partial charge in [0, 0.05) is 16.0 Å². The third kappa shape index (κ3) is 3.65. The highest BCUT2D eigenvalue weighted by molar-refractivity contribution is 7.99. The van der Waals surface area contributed by atoms with E-state index < -0.39 is 0 Å². The summed E-state index contributed by atoms with van der Waals surface area (Å²) >= 11 is 1.76. The number of rotatable bonds is 4. The van der Waals surface area contributed by atoms with Crippen LogP contribution in [0.3, 0.4) is 0 Å². The lowest BCUT2D eigenvalue weighted by Gasteiger charge is -2.28. The van der Waals surface area contributed by atoms with E-state index in [-0.39, 0.29) is 11.9 Å². The number of benzene rings is 2. The minimum Gasteiger partial charge on any atom is -0.344 e. The second-order valence-corrected chi connectivity index (χ2v) is 7.49. The molecule has 0 spiro atoms. The minimum absolute atomic E-state index is 0.0284. The van der Waals surface area contributed by atoms with Crippen LogP contribution >= 0.6 is 11.8 Å². The minimum atomic E-state index is -0.108. The topological polar surface area (TPSA) is 42.0 Å². The number of nitrogens with zero attached hydrogens (tertiary/aromatic N) is 1. The molecule has 0 fully saturated rings. The summed E-state index contributed by atoms with van der Waals surface area (Å²) in [5.41, 5.74) is 3.06. The van der Waals surface area contributed by atoms with E-state index >= 15 is 0 Å². The van der Waals surface area contributed by atoms with Crippen LogP contribution in [0.1, 0.15) is 40.5 Å². The van der Waals surface area contributed by atoms with Crippen molar-refractivity contribution in [1.82, 2.24) is 10.3 Å². The summed E-state index contributed by atoms with van der Waals surface area (Å²) < 4.78 is 0. The first-order valence-corrected chi connectivity index (χ1v) is 9.69. The van der Waals surface area contributed by atoms with Crippen molar-refractivity contribution >= 4 is 17.7 Å². The molecule has 1 aliphatic rings. The van der Waals surface area contributed by atoms with Gasteiger partial charge in [0.25, 0.3) is 5.91 Å². The maximum absolute atomic E-state index is 12.6. The first-order chi connectivity index (χ1) is 12.8. The molecule has 4 rings (SSSR count). The molecule has 3 aromatic rings. The van der Waals surface area contributed by atoms with Crippen LogP contribution in [-0.4, -0.2) is 10.9 Å². The Labute approximate surface area is 157 Å². The summed E-state index contributed by atoms with van der Waals surface area (Å²) in [6.07, 6.45) is 4.76. The summed E-state index contributed by atoms with van der Waals surface area (Å²) in [7, 11) is 0. The predicted molar refractivity (Wildman–Crippen MR) is 104 cm³/mol. The van der Waals surface area contributed by atoms with Crippen LogP contribution in [-0.2, 0) is 6.42 Å². The van der Waals surface area contributed by atoms with E-state index in [1.807, 2.05) is 18.2 Å². The second kappa shape index (κ2) is 7.75. The second-order valence-electron chi connectivity index (χ2n) is 6.38. The molecule has 0 saturated heterocycles. The van der Waals surface area contributed by atoms with E-state index in [2.05, 4.69) is 52.8 Å². The fourth-order valence-electron chi connectivity index (χ4n) is 3.42. The lowest BCUT2D eigenvalue weighted by Crippen LogP contribution is -2.31. The Morgan fingerprint density at radius 1 is 1.00 bits per heavy atom. The van der Waals surface area contributed by atoms with Gasteiger partial charge in [0.1, 0.15) is 5.69 Å². The van der Waals surface area contributed by atoms with Gasteiger partial charge >= 0.3 is 0 Å². The highest BCUT2D eigenvalue weighted by Crippen LogP contribution is 2.39. The zero-order valence-electron chi connectivity index (χ0n) is 14.4. The zero-order valence-corrected chi connectivity index (χ0v) is 15.2. The van der Waals surface area contributed by atoms with E-state index in [1.54, 1.807) is 24.0 Å². The van der Waals surface area contributed by atoms with Crippen LogP contribution in [0.15, 0.2) is 82.7 Å². The number of aromatic nitrogens is 1. The van der Waals surface area contributed by atoms with Crippen LogP contribution in [0.2, 0.25) is 0 Å². The first-order valence-electron chi connectivity index (χ1n) is 8.88. The number of fused-ring (bicyclic) bond motifs is 1. The van der Waals surface area contributed by atoms with Gasteiger partial charge in [-0.05, 0) is 60.7 Å². The van der Waals surface area contributed by atoms with Gasteiger partial charge in [0.2, 0.25) is 0 Å². The van der Waals surface area contributed by atoms with Gasteiger partial charge in [0.15, 0.2) is 0 Å². The molecule has 2 aromatic carbocycles. The fourth-order valence-corrected chi connectivity index (χ4v) is 4.50. The third-order valence-corrected chi connectivity index (χ3v) is 5.70. The van der Waals surface area contributed by atoms with Gasteiger partial charge in [-0.3, -0.25) is 9.78 Å². The average molecular weight is 360 g/mol. The highest BCUT2D eigenvalue weighted by Gasteiger charge is 2.25. The summed E-state index contributed by atoms with van der Waals surface area (Å²) in [5.74, 6) is -0.108. The molecule has 26 heavy (non-hydrogen) atoms. The van der Waals surface area contributed by atoms with Gasteiger partial charge in [-0.2, -0.15) is 0 Å². The maximum atomic E-state index is 12.6. The molecule has 130 valence electrons. The summed E-state index contributed by atoms with van der Waals surface area (Å²) in [4.78, 5) is 19.2. The van der Waals surface area contributed by atoms with Crippen molar-refractivity contribution in [3.05, 3.63) is 89.7 Å². The van der Waals surface area contributed by atoms with Crippen molar-refractivity contribution in [1.29, 1.82) is 0 Å². The van der Waals surface area contributed by atoms with Crippen molar-refractivity contribution in [2.24, 2.45) is 0 Å². The highest BCUT2D eigenvalue weighted by atomic mass is 32.2. The molecule has 1 atom stereocenters. The van der Waals surface area contributed by atoms with Crippen LogP contribution in [0.4, 0.5) is 0 Å². The lowest BCUT2D eigenvalue weighted by molar-refractivity contribution is 0.0927. The molecular formula is C22H20N2OS. The molecule has 1 amide bonds. The zero-order chi connectivity index (χ0) is 17.8. The molecule has 1 N–H and O–H groups in total. The number of carbonyl (C=O) groups excluding carboxylic acids is 1. The smallest absolute Gasteiger partial charge is 0.270 e. The van der Waals surface area contributed by atoms with Crippen molar-refractivity contribution < 1.29 is 4.79 Å². The number of hydrogen-bond acceptors (Lipinski definition) is 3. The summed E-state index contributed by atoms with van der Waals surface area (Å²) in [5, 5.41) is 3.20. The Morgan fingerprint density at radius 3 is 2.65 bits per heavy atom. The van der Waals surface area contributed by atoms with Crippen LogP contribution in [0, 0.1) is 0 Å². The Bertz CT molecular complexity index is 897. The summed E-state index contributed by atoms with van der Waals surface area (Å²) in [6.45, 7) is 0. The van der Waals surface area contributed by atoms with E-state index in [4.69, 9.17) is 0 Å². The lowest BCUT2D eigenvalue weighted by atomic mass is 9.87. The van der Waals surface area contributed by atoms with Gasteiger partial charge in [-0.1, -0.05) is 48.2 Å². The van der Waals surface area contributed by atoms with Crippen LogP contribution < -0.4 is 5.32 Å². The standard InChI is InChI=1S/C22H20N2OS/c25-22(19-12-4-5-15-23-19)24-18-13-6-8-16-9-7-14-20(21(16)18)26-17-10-2-1-3-11-17/h1-5,7,9-12,14-15,18H,6,8,13H2,(H,24,25). The summed E-state index contributed by atoms with van der Waals surface area (Å²) in [6, 6.07) is 22.3. The first kappa shape index (κ1) is 16.9. The average Bonchev–Trinajstić information content (AvgIpc) is 2.70. The van der Waals surface area contributed by atoms with E-state index in [1.165, 1.54) is 20.9 Å². The number of aryl methyl sites for hydroxylation is 1. The molecule has 0 aliphatic heterocycles. The monoisotopic (exact) mass is 360 g/mol. The van der Waals surface area contributed by atoms with Crippen molar-refractivity contribution in [3.8, 4) is 0 Å². The van der Waals surface area contributed by atoms with Gasteiger partial charge in [-0.25, -0.2) is 0 Å². The number of pyridine rings is 1. The van der Waals surface area contributed by atoms with Crippen molar-refractivity contribution in [2.45, 2.75) is 35.1 Å². The molecule has 1 aromatic heterocycles. The van der Waals surface area contributed by atoms with Gasteiger partial charge in [0.05, 0.1) is 6.04 Å². The molecule has 1 heterocycles. The predicted octanol–water partition coefficient (Wildman–Crippen LogP) is 5.04. The quantitative estimate of drug-likeness (QED) is 0.709. The third-order valence-electron chi connectivity index (χ3n) is 4.62. The molecule has 4 heteroatoms. The normalized spacial score (nSPS) is 15.9. The molecule has 1 aliphatic carbocycles. The molecule has 1 unspecified atom stereocenters. The number of hydrogen-bond donors (Lipinski definition) is 1. The van der Waals surface area contributed by atoms with E-state index in [0.717, 1.165) is 19.3 Å². The Kier molecular flexibility index (Phi) is 5.02. The molecule has 0 saturated carbocycles. The van der Waals surface area contributed by atoms with E-state index in [9.17, 15) is 4.79 Å². The van der Waals surface area contributed by atoms with Crippen molar-refractivity contribution in [3.63, 3.8) is 0 Å². The molecule has 0 bridgehead atoms. The fraction of sp³-hybridized carbons (Fsp3) is 0.182. The van der Waals surface area contributed by atoms with E-state index in [0.29, 0.717) is 5.69 Å². The molecule has 3 nitrogen and oxygen atoms in total. The number of amides is 1. The molecular weight excluding hydrogens is 340 g/mol. The van der Waals surface area contributed by atoms with Gasteiger partial charge < -0.3 is 5.32 Å². The van der Waals surface area contributed by atoms with Crippen LogP contribution in [0.25, 0.3) is 0 Å². The Hall–Kier alpha value is -2.59. The van der Waals surface area contributed by atoms with Gasteiger partial charge in [-0.15, -0.1) is 0 Å². The molecule has 0 radical (unpaired) electrons. The SMILES string of the molecule is O=C(NC1CCCc2cccc(Sc3ccccc3)c21)c1ccccn1. The van der Waals surface area contributed by atoms with Crippen LogP contribution in [0.5, 0.6) is 0 Å². The largest absolute Gasteiger partial charge is 0.344 e. The number of nitrogens with one attached hydrogen (secondary N) is 1.